The molecule has 0 unspecified atom stereocenters. The molecule has 0 radical (unpaired) electrons. The summed E-state index contributed by atoms with van der Waals surface area (Å²) in [5.74, 6) is 0. The SMILES string of the molecule is Cc1nnc(C=Cc2cc3cc(Cl)cnc3cc2Cl)s1. The molecule has 2 aromatic heterocycles. The van der Waals surface area contributed by atoms with E-state index >= 15 is 0 Å². The second-order valence-corrected chi connectivity index (χ2v) is 6.27. The average molecular weight is 322 g/mol. The Morgan fingerprint density at radius 3 is 2.70 bits per heavy atom. The fraction of sp³-hybridized carbons (Fsp3) is 0.0714. The molecule has 0 saturated heterocycles. The highest BCUT2D eigenvalue weighted by Crippen LogP contribution is 2.26. The predicted molar refractivity (Wildman–Crippen MR) is 85.3 cm³/mol. The van der Waals surface area contributed by atoms with Crippen LogP contribution in [0.2, 0.25) is 10.0 Å². The van der Waals surface area contributed by atoms with Gasteiger partial charge in [0.05, 0.1) is 10.5 Å². The molecule has 3 nitrogen and oxygen atoms in total. The third-order valence-corrected chi connectivity index (χ3v) is 4.05. The normalized spacial score (nSPS) is 11.6. The van der Waals surface area contributed by atoms with Crippen molar-refractivity contribution in [3.05, 3.63) is 50.0 Å². The van der Waals surface area contributed by atoms with Crippen molar-refractivity contribution in [3.8, 4) is 0 Å². The van der Waals surface area contributed by atoms with Gasteiger partial charge in [0.15, 0.2) is 0 Å². The van der Waals surface area contributed by atoms with Crippen molar-refractivity contribution < 1.29 is 0 Å². The number of aromatic nitrogens is 3. The summed E-state index contributed by atoms with van der Waals surface area (Å²) in [6.45, 7) is 1.92. The van der Waals surface area contributed by atoms with Gasteiger partial charge in [0, 0.05) is 16.6 Å². The Kier molecular flexibility index (Phi) is 3.70. The summed E-state index contributed by atoms with van der Waals surface area (Å²) in [5, 5.41) is 12.0. The maximum atomic E-state index is 6.26. The molecule has 100 valence electrons. The molecule has 3 aromatic rings. The van der Waals surface area contributed by atoms with Crippen LogP contribution in [0, 0.1) is 6.92 Å². The van der Waals surface area contributed by atoms with Crippen molar-refractivity contribution in [2.24, 2.45) is 0 Å². The van der Waals surface area contributed by atoms with Gasteiger partial charge in [-0.25, -0.2) is 0 Å². The van der Waals surface area contributed by atoms with Gasteiger partial charge in [0.25, 0.3) is 0 Å². The fourth-order valence-corrected chi connectivity index (χ4v) is 2.80. The average Bonchev–Trinajstić information content (AvgIpc) is 2.83. The molecule has 0 amide bonds. The first-order valence-corrected chi connectivity index (χ1v) is 7.42. The van der Waals surface area contributed by atoms with Crippen LogP contribution in [-0.4, -0.2) is 15.2 Å². The Hall–Kier alpha value is -1.49. The molecule has 2 heterocycles. The lowest BCUT2D eigenvalue weighted by Gasteiger charge is -2.02. The smallest absolute Gasteiger partial charge is 0.140 e. The quantitative estimate of drug-likeness (QED) is 0.675. The van der Waals surface area contributed by atoms with E-state index in [0.29, 0.717) is 10.0 Å². The largest absolute Gasteiger partial charge is 0.255 e. The van der Waals surface area contributed by atoms with Crippen molar-refractivity contribution in [1.82, 2.24) is 15.2 Å². The van der Waals surface area contributed by atoms with Crippen LogP contribution in [0.1, 0.15) is 15.6 Å². The predicted octanol–water partition coefficient (Wildman–Crippen LogP) is 4.87. The fourth-order valence-electron chi connectivity index (χ4n) is 1.81. The Balaban J connectivity index is 2.02. The van der Waals surface area contributed by atoms with Gasteiger partial charge < -0.3 is 0 Å². The van der Waals surface area contributed by atoms with Crippen molar-refractivity contribution in [2.45, 2.75) is 6.92 Å². The van der Waals surface area contributed by atoms with Crippen LogP contribution in [0.4, 0.5) is 0 Å². The lowest BCUT2D eigenvalue weighted by Crippen LogP contribution is -1.82. The van der Waals surface area contributed by atoms with Crippen molar-refractivity contribution >= 4 is 57.6 Å². The van der Waals surface area contributed by atoms with E-state index in [0.717, 1.165) is 26.5 Å². The van der Waals surface area contributed by atoms with Gasteiger partial charge >= 0.3 is 0 Å². The van der Waals surface area contributed by atoms with E-state index in [9.17, 15) is 0 Å². The van der Waals surface area contributed by atoms with E-state index in [-0.39, 0.29) is 0 Å². The molecule has 6 heteroatoms. The molecule has 20 heavy (non-hydrogen) atoms. The number of nitrogens with zero attached hydrogens (tertiary/aromatic N) is 3. The van der Waals surface area contributed by atoms with E-state index in [1.54, 1.807) is 6.20 Å². The number of halogens is 2. The molecule has 0 spiro atoms. The molecule has 0 aliphatic rings. The second kappa shape index (κ2) is 5.48. The minimum atomic E-state index is 0.606. The van der Waals surface area contributed by atoms with Crippen molar-refractivity contribution in [2.75, 3.05) is 0 Å². The Morgan fingerprint density at radius 1 is 1.10 bits per heavy atom. The lowest BCUT2D eigenvalue weighted by molar-refractivity contribution is 1.04. The molecule has 0 aliphatic heterocycles. The number of hydrogen-bond donors (Lipinski definition) is 0. The standard InChI is InChI=1S/C14H9Cl2N3S/c1-8-18-19-14(20-8)3-2-9-4-10-5-11(15)7-17-13(10)6-12(9)16/h2-7H,1H3. The third-order valence-electron chi connectivity index (χ3n) is 2.71. The molecule has 0 saturated carbocycles. The summed E-state index contributed by atoms with van der Waals surface area (Å²) in [5.41, 5.74) is 1.72. The number of fused-ring (bicyclic) bond motifs is 1. The van der Waals surface area contributed by atoms with E-state index in [1.807, 2.05) is 37.3 Å². The molecule has 0 atom stereocenters. The van der Waals surface area contributed by atoms with Crippen LogP contribution in [-0.2, 0) is 0 Å². The van der Waals surface area contributed by atoms with Gasteiger partial charge in [-0.15, -0.1) is 10.2 Å². The monoisotopic (exact) mass is 321 g/mol. The van der Waals surface area contributed by atoms with E-state index in [1.165, 1.54) is 11.3 Å². The maximum absolute atomic E-state index is 6.26. The third kappa shape index (κ3) is 2.82. The van der Waals surface area contributed by atoms with Crippen LogP contribution in [0.15, 0.2) is 24.4 Å². The second-order valence-electron chi connectivity index (χ2n) is 4.21. The lowest BCUT2D eigenvalue weighted by atomic mass is 10.1. The van der Waals surface area contributed by atoms with Gasteiger partial charge in [-0.2, -0.15) is 0 Å². The number of benzene rings is 1. The molecule has 0 bridgehead atoms. The molecule has 0 aliphatic carbocycles. The Bertz CT molecular complexity index is 811. The minimum absolute atomic E-state index is 0.606. The van der Waals surface area contributed by atoms with Gasteiger partial charge in [0.2, 0.25) is 0 Å². The van der Waals surface area contributed by atoms with E-state index in [4.69, 9.17) is 23.2 Å². The number of hydrogen-bond acceptors (Lipinski definition) is 4. The van der Waals surface area contributed by atoms with Gasteiger partial charge in [-0.3, -0.25) is 4.98 Å². The highest BCUT2D eigenvalue weighted by molar-refractivity contribution is 7.12. The van der Waals surface area contributed by atoms with Crippen LogP contribution >= 0.6 is 34.5 Å². The van der Waals surface area contributed by atoms with Gasteiger partial charge in [-0.1, -0.05) is 40.6 Å². The zero-order chi connectivity index (χ0) is 14.1. The molecular formula is C14H9Cl2N3S. The molecule has 0 N–H and O–H groups in total. The number of rotatable bonds is 2. The first-order chi connectivity index (χ1) is 9.61. The number of pyridine rings is 1. The minimum Gasteiger partial charge on any atom is -0.255 e. The van der Waals surface area contributed by atoms with Crippen LogP contribution in [0.25, 0.3) is 23.1 Å². The first kappa shape index (κ1) is 13.5. The summed E-state index contributed by atoms with van der Waals surface area (Å²) < 4.78 is 0. The van der Waals surface area contributed by atoms with Gasteiger partial charge in [0.1, 0.15) is 10.0 Å². The Labute approximate surface area is 129 Å². The highest BCUT2D eigenvalue weighted by atomic mass is 35.5. The maximum Gasteiger partial charge on any atom is 0.140 e. The van der Waals surface area contributed by atoms with E-state index < -0.39 is 0 Å². The molecular weight excluding hydrogens is 313 g/mol. The summed E-state index contributed by atoms with van der Waals surface area (Å²) in [7, 11) is 0. The number of aryl methyl sites for hydroxylation is 1. The molecule has 0 fully saturated rings. The topological polar surface area (TPSA) is 38.7 Å². The Morgan fingerprint density at radius 2 is 1.95 bits per heavy atom. The zero-order valence-electron chi connectivity index (χ0n) is 10.5. The zero-order valence-corrected chi connectivity index (χ0v) is 12.8. The first-order valence-electron chi connectivity index (χ1n) is 5.85. The molecule has 3 rings (SSSR count). The van der Waals surface area contributed by atoms with Crippen LogP contribution < -0.4 is 0 Å². The van der Waals surface area contributed by atoms with E-state index in [2.05, 4.69) is 15.2 Å². The summed E-state index contributed by atoms with van der Waals surface area (Å²) >= 11 is 13.7. The van der Waals surface area contributed by atoms with Gasteiger partial charge in [-0.05, 0) is 36.8 Å². The van der Waals surface area contributed by atoms with Crippen molar-refractivity contribution in [1.29, 1.82) is 0 Å². The molecule has 1 aromatic carbocycles. The summed E-state index contributed by atoms with van der Waals surface area (Å²) in [6.07, 6.45) is 5.43. The van der Waals surface area contributed by atoms with Crippen molar-refractivity contribution in [3.63, 3.8) is 0 Å². The van der Waals surface area contributed by atoms with Crippen LogP contribution in [0.3, 0.4) is 0 Å². The highest BCUT2D eigenvalue weighted by Gasteiger charge is 2.03. The summed E-state index contributed by atoms with van der Waals surface area (Å²) in [6, 6.07) is 5.66. The summed E-state index contributed by atoms with van der Waals surface area (Å²) in [4.78, 5) is 4.24. The van der Waals surface area contributed by atoms with Crippen LogP contribution in [0.5, 0.6) is 0 Å².